The van der Waals surface area contributed by atoms with Crippen LogP contribution in [0, 0.1) is 5.82 Å². The summed E-state index contributed by atoms with van der Waals surface area (Å²) in [7, 11) is 3.39. The molecule has 0 aliphatic carbocycles. The van der Waals surface area contributed by atoms with Crippen molar-refractivity contribution in [2.45, 2.75) is 32.4 Å². The van der Waals surface area contributed by atoms with E-state index in [0.29, 0.717) is 11.1 Å². The molecule has 0 spiro atoms. The topological polar surface area (TPSA) is 86.3 Å². The molecule has 0 saturated heterocycles. The van der Waals surface area contributed by atoms with Crippen molar-refractivity contribution in [3.05, 3.63) is 58.2 Å². The van der Waals surface area contributed by atoms with E-state index in [1.165, 1.54) is 17.0 Å². The number of nitrogens with two attached hydrogens (primary N) is 1. The van der Waals surface area contributed by atoms with Crippen LogP contribution in [0.4, 0.5) is 10.2 Å². The number of nitrogen functional groups attached to an aromatic ring is 1. The molecule has 1 amide bonds. The number of carbonyl (C=O) groups is 1. The molecule has 2 aromatic heterocycles. The van der Waals surface area contributed by atoms with Gasteiger partial charge in [0.1, 0.15) is 17.5 Å². The summed E-state index contributed by atoms with van der Waals surface area (Å²) in [4.78, 5) is 18.2. The van der Waals surface area contributed by atoms with Gasteiger partial charge in [0, 0.05) is 48.2 Å². The number of carbonyl (C=O) groups excluding carboxylic acids is 1. The van der Waals surface area contributed by atoms with Gasteiger partial charge in [0.2, 0.25) is 5.91 Å². The number of ether oxygens (including phenoxy) is 1. The number of aromatic nitrogens is 3. The highest BCUT2D eigenvalue weighted by Gasteiger charge is 2.32. The van der Waals surface area contributed by atoms with Gasteiger partial charge in [0.05, 0.1) is 11.2 Å². The summed E-state index contributed by atoms with van der Waals surface area (Å²) in [5.41, 5.74) is 6.84. The SMILES string of the molecule is CC(Oc1cc(-c2cnn(C(C)(C)C(=O)N(C)C)c2)cnc1N)c1c(Cl)ccc(F)c1Cl. The van der Waals surface area contributed by atoms with Crippen LogP contribution in [-0.2, 0) is 10.3 Å². The fourth-order valence-electron chi connectivity index (χ4n) is 3.29. The molecule has 7 nitrogen and oxygen atoms in total. The van der Waals surface area contributed by atoms with E-state index in [1.807, 2.05) is 0 Å². The second-order valence-electron chi connectivity index (χ2n) is 8.06. The molecule has 3 aromatic rings. The van der Waals surface area contributed by atoms with E-state index >= 15 is 0 Å². The molecule has 0 aliphatic heterocycles. The normalized spacial score (nSPS) is 12.5. The zero-order chi connectivity index (χ0) is 23.8. The number of benzene rings is 1. The first-order valence-electron chi connectivity index (χ1n) is 9.76. The van der Waals surface area contributed by atoms with Crippen LogP contribution < -0.4 is 10.5 Å². The highest BCUT2D eigenvalue weighted by Crippen LogP contribution is 2.37. The lowest BCUT2D eigenvalue weighted by Crippen LogP contribution is -2.44. The largest absolute Gasteiger partial charge is 0.482 e. The second-order valence-corrected chi connectivity index (χ2v) is 8.84. The van der Waals surface area contributed by atoms with E-state index in [1.54, 1.807) is 64.2 Å². The quantitative estimate of drug-likeness (QED) is 0.506. The van der Waals surface area contributed by atoms with Gasteiger partial charge in [-0.2, -0.15) is 5.10 Å². The molecule has 0 radical (unpaired) electrons. The maximum Gasteiger partial charge on any atom is 0.249 e. The number of hydrogen-bond acceptors (Lipinski definition) is 5. The average Bonchev–Trinajstić information content (AvgIpc) is 3.23. The predicted octanol–water partition coefficient (Wildman–Crippen LogP) is 4.94. The molecular weight excluding hydrogens is 456 g/mol. The first kappa shape index (κ1) is 23.8. The van der Waals surface area contributed by atoms with Crippen molar-refractivity contribution >= 4 is 34.9 Å². The Kier molecular flexibility index (Phi) is 6.67. The van der Waals surface area contributed by atoms with Gasteiger partial charge in [-0.15, -0.1) is 0 Å². The summed E-state index contributed by atoms with van der Waals surface area (Å²) < 4.78 is 21.4. The number of rotatable bonds is 6. The fourth-order valence-corrected chi connectivity index (χ4v) is 3.97. The number of hydrogen-bond donors (Lipinski definition) is 1. The van der Waals surface area contributed by atoms with Crippen molar-refractivity contribution < 1.29 is 13.9 Å². The first-order chi connectivity index (χ1) is 14.9. The van der Waals surface area contributed by atoms with E-state index in [9.17, 15) is 9.18 Å². The van der Waals surface area contributed by atoms with Crippen LogP contribution in [0.5, 0.6) is 5.75 Å². The Morgan fingerprint density at radius 3 is 2.59 bits per heavy atom. The summed E-state index contributed by atoms with van der Waals surface area (Å²) in [5, 5.41) is 4.52. The lowest BCUT2D eigenvalue weighted by molar-refractivity contribution is -0.137. The summed E-state index contributed by atoms with van der Waals surface area (Å²) in [6, 6.07) is 4.31. The third-order valence-corrected chi connectivity index (χ3v) is 5.80. The molecule has 0 bridgehead atoms. The molecule has 1 aromatic carbocycles. The van der Waals surface area contributed by atoms with Gasteiger partial charge < -0.3 is 15.4 Å². The minimum absolute atomic E-state index is 0.0933. The van der Waals surface area contributed by atoms with Crippen LogP contribution in [0.3, 0.4) is 0 Å². The summed E-state index contributed by atoms with van der Waals surface area (Å²) in [6.07, 6.45) is 4.27. The summed E-state index contributed by atoms with van der Waals surface area (Å²) in [6.45, 7) is 5.26. The predicted molar refractivity (Wildman–Crippen MR) is 123 cm³/mol. The second kappa shape index (κ2) is 8.96. The molecule has 3 rings (SSSR count). The summed E-state index contributed by atoms with van der Waals surface area (Å²) >= 11 is 12.3. The van der Waals surface area contributed by atoms with Crippen LogP contribution >= 0.6 is 23.2 Å². The Morgan fingerprint density at radius 2 is 1.94 bits per heavy atom. The molecule has 1 unspecified atom stereocenters. The lowest BCUT2D eigenvalue weighted by Gasteiger charge is -2.27. The third-order valence-electron chi connectivity index (χ3n) is 5.09. The van der Waals surface area contributed by atoms with Crippen LogP contribution in [0.15, 0.2) is 36.8 Å². The Hall–Kier alpha value is -2.84. The van der Waals surface area contributed by atoms with Gasteiger partial charge in [0.25, 0.3) is 0 Å². The number of likely N-dealkylation sites (N-methyl/N-ethyl adjacent to an activating group) is 1. The van der Waals surface area contributed by atoms with E-state index in [-0.39, 0.29) is 27.5 Å². The van der Waals surface area contributed by atoms with E-state index in [0.717, 1.165) is 5.56 Å². The highest BCUT2D eigenvalue weighted by molar-refractivity contribution is 6.36. The van der Waals surface area contributed by atoms with Gasteiger partial charge in [0.15, 0.2) is 11.6 Å². The maximum absolute atomic E-state index is 13.9. The third kappa shape index (κ3) is 4.52. The monoisotopic (exact) mass is 479 g/mol. The standard InChI is InChI=1S/C22H24Cl2FN5O2/c1-12(18-15(23)6-7-16(25)19(18)24)32-17-8-13(9-27-20(17)26)14-10-28-30(11-14)22(2,3)21(31)29(4)5/h6-12H,1-5H3,(H2,26,27). The van der Waals surface area contributed by atoms with Crippen molar-refractivity contribution in [1.29, 1.82) is 0 Å². The average molecular weight is 480 g/mol. The van der Waals surface area contributed by atoms with Crippen molar-refractivity contribution in [1.82, 2.24) is 19.7 Å². The smallest absolute Gasteiger partial charge is 0.249 e. The molecule has 0 aliphatic rings. The fraction of sp³-hybridized carbons (Fsp3) is 0.318. The number of halogens is 3. The van der Waals surface area contributed by atoms with Crippen molar-refractivity contribution in [3.8, 4) is 16.9 Å². The minimum Gasteiger partial charge on any atom is -0.482 e. The number of pyridine rings is 1. The van der Waals surface area contributed by atoms with Crippen LogP contribution in [-0.4, -0.2) is 39.7 Å². The van der Waals surface area contributed by atoms with Crippen molar-refractivity contribution in [2.24, 2.45) is 0 Å². The molecule has 0 saturated carbocycles. The Morgan fingerprint density at radius 1 is 1.25 bits per heavy atom. The number of anilines is 1. The zero-order valence-electron chi connectivity index (χ0n) is 18.4. The summed E-state index contributed by atoms with van der Waals surface area (Å²) in [5.74, 6) is -0.254. The zero-order valence-corrected chi connectivity index (χ0v) is 19.9. The van der Waals surface area contributed by atoms with Gasteiger partial charge >= 0.3 is 0 Å². The Balaban J connectivity index is 1.92. The minimum atomic E-state index is -0.873. The van der Waals surface area contributed by atoms with E-state index in [2.05, 4.69) is 10.1 Å². The van der Waals surface area contributed by atoms with Crippen LogP contribution in [0.2, 0.25) is 10.0 Å². The van der Waals surface area contributed by atoms with Gasteiger partial charge in [-0.25, -0.2) is 9.37 Å². The van der Waals surface area contributed by atoms with Gasteiger partial charge in [-0.1, -0.05) is 23.2 Å². The molecule has 170 valence electrons. The van der Waals surface area contributed by atoms with Crippen molar-refractivity contribution in [3.63, 3.8) is 0 Å². The number of nitrogens with zero attached hydrogens (tertiary/aromatic N) is 4. The van der Waals surface area contributed by atoms with Crippen LogP contribution in [0.1, 0.15) is 32.4 Å². The molecule has 2 N–H and O–H groups in total. The first-order valence-corrected chi connectivity index (χ1v) is 10.5. The molecule has 32 heavy (non-hydrogen) atoms. The highest BCUT2D eigenvalue weighted by atomic mass is 35.5. The molecule has 10 heteroatoms. The van der Waals surface area contributed by atoms with E-state index < -0.39 is 17.5 Å². The van der Waals surface area contributed by atoms with E-state index in [4.69, 9.17) is 33.7 Å². The maximum atomic E-state index is 13.9. The molecule has 0 fully saturated rings. The van der Waals surface area contributed by atoms with Crippen LogP contribution in [0.25, 0.3) is 11.1 Å². The number of amides is 1. The molecule has 1 atom stereocenters. The Bertz CT molecular complexity index is 1160. The molecule has 2 heterocycles. The Labute approximate surface area is 195 Å². The van der Waals surface area contributed by atoms with Gasteiger partial charge in [-0.3, -0.25) is 9.48 Å². The van der Waals surface area contributed by atoms with Gasteiger partial charge in [-0.05, 0) is 39.0 Å². The lowest BCUT2D eigenvalue weighted by atomic mass is 10.0. The molecular formula is C22H24Cl2FN5O2. The van der Waals surface area contributed by atoms with Crippen molar-refractivity contribution in [2.75, 3.05) is 19.8 Å².